The van der Waals surface area contributed by atoms with Gasteiger partial charge in [0.15, 0.2) is 0 Å². The van der Waals surface area contributed by atoms with E-state index in [0.717, 1.165) is 6.07 Å². The zero-order valence-electron chi connectivity index (χ0n) is 10.9. The van der Waals surface area contributed by atoms with Gasteiger partial charge in [0, 0.05) is 17.3 Å². The van der Waals surface area contributed by atoms with Crippen LogP contribution in [-0.2, 0) is 6.18 Å². The molecule has 19 heavy (non-hydrogen) atoms. The fourth-order valence-corrected chi connectivity index (χ4v) is 1.91. The van der Waals surface area contributed by atoms with Crippen molar-refractivity contribution in [3.63, 3.8) is 0 Å². The van der Waals surface area contributed by atoms with Gasteiger partial charge in [-0.1, -0.05) is 25.4 Å². The summed E-state index contributed by atoms with van der Waals surface area (Å²) in [7, 11) is 0. The zero-order valence-corrected chi connectivity index (χ0v) is 11.6. The van der Waals surface area contributed by atoms with Crippen molar-refractivity contribution in [1.29, 1.82) is 0 Å². The Kier molecular flexibility index (Phi) is 5.50. The summed E-state index contributed by atoms with van der Waals surface area (Å²) in [4.78, 5) is 0. The molecule has 0 saturated heterocycles. The number of benzene rings is 1. The van der Waals surface area contributed by atoms with E-state index in [1.54, 1.807) is 0 Å². The quantitative estimate of drug-likeness (QED) is 0.861. The second-order valence-corrected chi connectivity index (χ2v) is 5.24. The van der Waals surface area contributed by atoms with Crippen LogP contribution in [0.5, 0.6) is 0 Å². The van der Waals surface area contributed by atoms with Gasteiger partial charge in [-0.3, -0.25) is 0 Å². The molecule has 0 amide bonds. The smallest absolute Gasteiger partial charge is 0.384 e. The summed E-state index contributed by atoms with van der Waals surface area (Å²) in [5.74, 6) is 0.427. The first-order chi connectivity index (χ1) is 8.75. The maximum absolute atomic E-state index is 12.9. The van der Waals surface area contributed by atoms with Gasteiger partial charge in [-0.25, -0.2) is 0 Å². The number of halogens is 4. The number of hydrogen-bond acceptors (Lipinski definition) is 2. The van der Waals surface area contributed by atoms with Gasteiger partial charge in [0.1, 0.15) is 0 Å². The Morgan fingerprint density at radius 3 is 2.42 bits per heavy atom. The molecule has 0 radical (unpaired) electrons. The normalized spacial score (nSPS) is 13.7. The van der Waals surface area contributed by atoms with E-state index in [4.69, 9.17) is 17.3 Å². The van der Waals surface area contributed by atoms with Crippen molar-refractivity contribution >= 4 is 17.3 Å². The van der Waals surface area contributed by atoms with Crippen LogP contribution in [0.3, 0.4) is 0 Å². The van der Waals surface area contributed by atoms with Crippen LogP contribution in [0.4, 0.5) is 18.9 Å². The van der Waals surface area contributed by atoms with Crippen LogP contribution in [0.25, 0.3) is 0 Å². The molecule has 0 heterocycles. The number of alkyl halides is 3. The third kappa shape index (κ3) is 4.58. The van der Waals surface area contributed by atoms with Crippen molar-refractivity contribution in [2.45, 2.75) is 20.0 Å². The molecule has 1 unspecified atom stereocenters. The third-order valence-corrected chi connectivity index (χ3v) is 3.32. The summed E-state index contributed by atoms with van der Waals surface area (Å²) in [5.41, 5.74) is 4.89. The molecule has 0 saturated carbocycles. The maximum atomic E-state index is 12.9. The van der Waals surface area contributed by atoms with Crippen LogP contribution in [0, 0.1) is 11.8 Å². The topological polar surface area (TPSA) is 38.0 Å². The van der Waals surface area contributed by atoms with E-state index < -0.39 is 11.7 Å². The maximum Gasteiger partial charge on any atom is 0.418 e. The molecular formula is C13H18ClF3N2. The Bertz CT molecular complexity index is 419. The van der Waals surface area contributed by atoms with Crippen LogP contribution in [-0.4, -0.2) is 13.1 Å². The van der Waals surface area contributed by atoms with Crippen LogP contribution in [0.15, 0.2) is 18.2 Å². The number of nitrogens with two attached hydrogens (primary N) is 1. The molecule has 0 aliphatic carbocycles. The summed E-state index contributed by atoms with van der Waals surface area (Å²) in [6.07, 6.45) is -4.43. The Balaban J connectivity index is 2.89. The highest BCUT2D eigenvalue weighted by atomic mass is 35.5. The number of hydrogen-bond donors (Lipinski definition) is 2. The summed E-state index contributed by atoms with van der Waals surface area (Å²) in [5, 5.41) is 2.89. The van der Waals surface area contributed by atoms with Gasteiger partial charge in [-0.05, 0) is 36.6 Å². The van der Waals surface area contributed by atoms with Crippen LogP contribution >= 0.6 is 11.6 Å². The molecule has 2 nitrogen and oxygen atoms in total. The van der Waals surface area contributed by atoms with Crippen molar-refractivity contribution in [3.8, 4) is 0 Å². The first-order valence-corrected chi connectivity index (χ1v) is 6.44. The molecule has 3 N–H and O–H groups in total. The van der Waals surface area contributed by atoms with Crippen molar-refractivity contribution in [2.75, 3.05) is 18.4 Å². The minimum Gasteiger partial charge on any atom is -0.384 e. The third-order valence-electron chi connectivity index (χ3n) is 3.09. The van der Waals surface area contributed by atoms with Crippen molar-refractivity contribution in [2.24, 2.45) is 17.6 Å². The van der Waals surface area contributed by atoms with Crippen molar-refractivity contribution in [3.05, 3.63) is 28.8 Å². The van der Waals surface area contributed by atoms with E-state index in [1.165, 1.54) is 12.1 Å². The van der Waals surface area contributed by atoms with Gasteiger partial charge in [0.25, 0.3) is 0 Å². The molecule has 0 fully saturated rings. The molecule has 1 atom stereocenters. The van der Waals surface area contributed by atoms with E-state index >= 15 is 0 Å². The van der Waals surface area contributed by atoms with E-state index in [1.807, 2.05) is 13.8 Å². The van der Waals surface area contributed by atoms with Crippen LogP contribution in [0.2, 0.25) is 5.02 Å². The molecule has 0 aromatic heterocycles. The van der Waals surface area contributed by atoms with Gasteiger partial charge < -0.3 is 11.1 Å². The van der Waals surface area contributed by atoms with E-state index in [2.05, 4.69) is 5.32 Å². The Morgan fingerprint density at radius 1 is 1.32 bits per heavy atom. The SMILES string of the molecule is CC(C)C(CN)CNc1ccc(Cl)cc1C(F)(F)F. The fourth-order valence-electron chi connectivity index (χ4n) is 1.74. The standard InChI is InChI=1S/C13H18ClF3N2/c1-8(2)9(6-18)7-19-12-4-3-10(14)5-11(12)13(15,16)17/h3-5,8-9,19H,6-7,18H2,1-2H3. The van der Waals surface area contributed by atoms with Crippen LogP contribution < -0.4 is 11.1 Å². The number of nitrogens with one attached hydrogen (secondary N) is 1. The highest BCUT2D eigenvalue weighted by Crippen LogP contribution is 2.36. The second kappa shape index (κ2) is 6.48. The van der Waals surface area contributed by atoms with Crippen LogP contribution in [0.1, 0.15) is 19.4 Å². The lowest BCUT2D eigenvalue weighted by atomic mass is 9.96. The first-order valence-electron chi connectivity index (χ1n) is 6.06. The van der Waals surface area contributed by atoms with E-state index in [0.29, 0.717) is 19.0 Å². The van der Waals surface area contributed by atoms with Gasteiger partial charge in [0.05, 0.1) is 5.56 Å². The zero-order chi connectivity index (χ0) is 14.6. The predicted molar refractivity (Wildman–Crippen MR) is 72.3 cm³/mol. The van der Waals surface area contributed by atoms with Gasteiger partial charge in [0.2, 0.25) is 0 Å². The van der Waals surface area contributed by atoms with Gasteiger partial charge in [-0.2, -0.15) is 13.2 Å². The minimum atomic E-state index is -4.43. The Hall–Kier alpha value is -0.940. The van der Waals surface area contributed by atoms with Crippen molar-refractivity contribution < 1.29 is 13.2 Å². The highest BCUT2D eigenvalue weighted by molar-refractivity contribution is 6.30. The predicted octanol–water partition coefficient (Wildman–Crippen LogP) is 4.00. The molecule has 0 aliphatic heterocycles. The molecule has 1 rings (SSSR count). The monoisotopic (exact) mass is 294 g/mol. The molecule has 1 aromatic carbocycles. The largest absolute Gasteiger partial charge is 0.418 e. The lowest BCUT2D eigenvalue weighted by Gasteiger charge is -2.21. The lowest BCUT2D eigenvalue weighted by molar-refractivity contribution is -0.136. The Labute approximate surface area is 116 Å². The fraction of sp³-hybridized carbons (Fsp3) is 0.538. The average molecular weight is 295 g/mol. The minimum absolute atomic E-state index is 0.0380. The summed E-state index contributed by atoms with van der Waals surface area (Å²) in [6.45, 7) is 4.82. The number of rotatable bonds is 5. The summed E-state index contributed by atoms with van der Waals surface area (Å²) < 4.78 is 38.6. The van der Waals surface area contributed by atoms with Gasteiger partial charge >= 0.3 is 6.18 Å². The first kappa shape index (κ1) is 16.1. The lowest BCUT2D eigenvalue weighted by Crippen LogP contribution is -2.27. The highest BCUT2D eigenvalue weighted by Gasteiger charge is 2.33. The Morgan fingerprint density at radius 2 is 1.95 bits per heavy atom. The molecule has 108 valence electrons. The molecule has 0 bridgehead atoms. The average Bonchev–Trinajstić information content (AvgIpc) is 2.29. The molecule has 0 spiro atoms. The molecule has 0 aliphatic rings. The van der Waals surface area contributed by atoms with Gasteiger partial charge in [-0.15, -0.1) is 0 Å². The summed E-state index contributed by atoms with van der Waals surface area (Å²) >= 11 is 5.62. The molecule has 6 heteroatoms. The molecular weight excluding hydrogens is 277 g/mol. The van der Waals surface area contributed by atoms with E-state index in [9.17, 15) is 13.2 Å². The number of anilines is 1. The molecule has 1 aromatic rings. The second-order valence-electron chi connectivity index (χ2n) is 4.81. The summed E-state index contributed by atoms with van der Waals surface area (Å²) in [6, 6.07) is 3.71. The van der Waals surface area contributed by atoms with Crippen molar-refractivity contribution in [1.82, 2.24) is 0 Å². The van der Waals surface area contributed by atoms with E-state index in [-0.39, 0.29) is 16.6 Å².